The molecule has 0 aromatic heterocycles. The maximum absolute atomic E-state index is 2.46. The summed E-state index contributed by atoms with van der Waals surface area (Å²) in [4.78, 5) is 2.43. The first kappa shape index (κ1) is 30.6. The van der Waals surface area contributed by atoms with Crippen molar-refractivity contribution in [3.63, 3.8) is 0 Å². The first-order chi connectivity index (χ1) is 26.8. The molecular weight excluding hydrogens is 651 g/mol. The first-order valence-corrected chi connectivity index (χ1v) is 18.8. The topological polar surface area (TPSA) is 3.24 Å². The number of nitrogens with zero attached hydrogens (tertiary/aromatic N) is 1. The van der Waals surface area contributed by atoms with Crippen LogP contribution in [0.15, 0.2) is 212 Å². The monoisotopic (exact) mass is 685 g/mol. The largest absolute Gasteiger partial charge is 0.310 e. The van der Waals surface area contributed by atoms with Gasteiger partial charge in [-0.2, -0.15) is 0 Å². The van der Waals surface area contributed by atoms with Crippen molar-refractivity contribution in [1.29, 1.82) is 0 Å². The minimum absolute atomic E-state index is 0.543. The summed E-state index contributed by atoms with van der Waals surface area (Å²) in [5.74, 6) is 0. The highest BCUT2D eigenvalue weighted by Gasteiger charge is 2.50. The molecular formula is C53H35N. The van der Waals surface area contributed by atoms with Gasteiger partial charge in [-0.05, 0) is 102 Å². The molecule has 11 rings (SSSR count). The van der Waals surface area contributed by atoms with E-state index in [9.17, 15) is 0 Å². The number of benzene rings is 9. The van der Waals surface area contributed by atoms with Crippen LogP contribution >= 0.6 is 0 Å². The maximum atomic E-state index is 2.46. The highest BCUT2D eigenvalue weighted by atomic mass is 15.1. The predicted molar refractivity (Wildman–Crippen MR) is 226 cm³/mol. The molecule has 54 heavy (non-hydrogen) atoms. The van der Waals surface area contributed by atoms with Gasteiger partial charge in [0.2, 0.25) is 0 Å². The minimum atomic E-state index is -0.543. The van der Waals surface area contributed by atoms with Crippen LogP contribution in [0.5, 0.6) is 0 Å². The van der Waals surface area contributed by atoms with Crippen LogP contribution in [-0.4, -0.2) is 0 Å². The van der Waals surface area contributed by atoms with Gasteiger partial charge in [0.05, 0.1) is 11.1 Å². The summed E-state index contributed by atoms with van der Waals surface area (Å²) < 4.78 is 0. The molecule has 9 aromatic carbocycles. The highest BCUT2D eigenvalue weighted by molar-refractivity contribution is 6.06. The number of hydrogen-bond acceptors (Lipinski definition) is 1. The second-order valence-corrected chi connectivity index (χ2v) is 14.4. The van der Waals surface area contributed by atoms with E-state index in [4.69, 9.17) is 0 Å². The van der Waals surface area contributed by atoms with E-state index >= 15 is 0 Å². The van der Waals surface area contributed by atoms with E-state index in [1.165, 1.54) is 77.5 Å². The molecule has 0 heterocycles. The van der Waals surface area contributed by atoms with Crippen LogP contribution in [0.4, 0.5) is 17.1 Å². The Balaban J connectivity index is 1.26. The normalized spacial score (nSPS) is 14.7. The molecule has 0 saturated carbocycles. The third-order valence-corrected chi connectivity index (χ3v) is 11.7. The summed E-state index contributed by atoms with van der Waals surface area (Å²) in [6.07, 6.45) is 0. The smallest absolute Gasteiger partial charge is 0.0725 e. The molecule has 9 aromatic rings. The second kappa shape index (κ2) is 12.0. The lowest BCUT2D eigenvalue weighted by Crippen LogP contribution is -2.29. The van der Waals surface area contributed by atoms with Gasteiger partial charge in [0.1, 0.15) is 0 Å². The van der Waals surface area contributed by atoms with Gasteiger partial charge in [-0.25, -0.2) is 0 Å². The lowest BCUT2D eigenvalue weighted by Gasteiger charge is -2.36. The Bertz CT molecular complexity index is 2890. The zero-order valence-corrected chi connectivity index (χ0v) is 29.7. The van der Waals surface area contributed by atoms with E-state index < -0.39 is 5.41 Å². The molecule has 0 amide bonds. The van der Waals surface area contributed by atoms with Gasteiger partial charge in [-0.1, -0.05) is 182 Å². The van der Waals surface area contributed by atoms with Gasteiger partial charge >= 0.3 is 0 Å². The fraction of sp³-hybridized carbons (Fsp3) is 0.0189. The number of anilines is 3. The molecule has 0 radical (unpaired) electrons. The van der Waals surface area contributed by atoms with Gasteiger partial charge in [0, 0.05) is 16.9 Å². The van der Waals surface area contributed by atoms with Crippen LogP contribution in [-0.2, 0) is 5.41 Å². The Hall–Kier alpha value is -6.96. The Morgan fingerprint density at radius 2 is 0.852 bits per heavy atom. The summed E-state index contributed by atoms with van der Waals surface area (Å²) >= 11 is 0. The molecule has 2 aliphatic rings. The molecule has 1 spiro atoms. The molecule has 1 nitrogen and oxygen atoms in total. The lowest BCUT2D eigenvalue weighted by molar-refractivity contribution is 0.776. The van der Waals surface area contributed by atoms with E-state index in [2.05, 4.69) is 217 Å². The van der Waals surface area contributed by atoms with Crippen LogP contribution in [0.3, 0.4) is 0 Å². The maximum Gasteiger partial charge on any atom is 0.0725 e. The number of hydrogen-bond donors (Lipinski definition) is 0. The van der Waals surface area contributed by atoms with Gasteiger partial charge < -0.3 is 4.90 Å². The van der Waals surface area contributed by atoms with Gasteiger partial charge in [-0.15, -0.1) is 0 Å². The molecule has 0 fully saturated rings. The summed E-state index contributed by atoms with van der Waals surface area (Å²) in [5.41, 5.74) is 18.2. The van der Waals surface area contributed by atoms with Crippen molar-refractivity contribution in [2.45, 2.75) is 5.41 Å². The Labute approximate surface area is 316 Å². The van der Waals surface area contributed by atoms with Crippen LogP contribution in [0.2, 0.25) is 0 Å². The van der Waals surface area contributed by atoms with Crippen molar-refractivity contribution < 1.29 is 0 Å². The van der Waals surface area contributed by atoms with E-state index in [0.29, 0.717) is 0 Å². The number of fused-ring (bicyclic) bond motifs is 14. The van der Waals surface area contributed by atoms with E-state index in [0.717, 1.165) is 17.1 Å². The molecule has 0 N–H and O–H groups in total. The van der Waals surface area contributed by atoms with E-state index in [1.54, 1.807) is 0 Å². The van der Waals surface area contributed by atoms with Gasteiger partial charge in [0.25, 0.3) is 0 Å². The van der Waals surface area contributed by atoms with E-state index in [-0.39, 0.29) is 0 Å². The number of rotatable bonds is 4. The Morgan fingerprint density at radius 1 is 0.315 bits per heavy atom. The average molecular weight is 686 g/mol. The van der Waals surface area contributed by atoms with Gasteiger partial charge in [-0.3, -0.25) is 0 Å². The average Bonchev–Trinajstić information content (AvgIpc) is 3.50. The molecule has 252 valence electrons. The standard InChI is InChI=1S/C53H35N/c1-3-17-36(18-4-1)40-22-13-16-30-51(40)54(38-20-5-2-6-21-38)39-32-34-49-46(35-39)43-25-10-9-24-42(43)44-26-11-14-28-47(44)53(49)48-29-15-12-27-45(48)52-41-23-8-7-19-37(41)31-33-50(52)53/h1-35H. The number of para-hydroxylation sites is 2. The molecule has 0 bridgehead atoms. The Kier molecular flexibility index (Phi) is 6.84. The van der Waals surface area contributed by atoms with Crippen molar-refractivity contribution in [2.24, 2.45) is 0 Å². The fourth-order valence-corrected chi connectivity index (χ4v) is 9.53. The van der Waals surface area contributed by atoms with Crippen molar-refractivity contribution >= 4 is 27.8 Å². The van der Waals surface area contributed by atoms with Crippen LogP contribution in [0, 0.1) is 0 Å². The summed E-state index contributed by atoms with van der Waals surface area (Å²) in [5, 5.41) is 2.56. The zero-order valence-electron chi connectivity index (χ0n) is 29.7. The minimum Gasteiger partial charge on any atom is -0.310 e. The van der Waals surface area contributed by atoms with Crippen molar-refractivity contribution in [1.82, 2.24) is 0 Å². The SMILES string of the molecule is c1ccc(-c2ccccc2N(c2ccccc2)c2ccc3c(c2)-c2ccccc2-c2ccccc2C32c3ccccc3-c3c2ccc2ccccc32)cc1. The van der Waals surface area contributed by atoms with Gasteiger partial charge in [0.15, 0.2) is 0 Å². The Morgan fingerprint density at radius 3 is 1.63 bits per heavy atom. The lowest BCUT2D eigenvalue weighted by atomic mass is 9.65. The molecule has 1 unspecified atom stereocenters. The van der Waals surface area contributed by atoms with Crippen LogP contribution < -0.4 is 4.90 Å². The predicted octanol–water partition coefficient (Wildman–Crippen LogP) is 14.0. The zero-order chi connectivity index (χ0) is 35.6. The van der Waals surface area contributed by atoms with Crippen molar-refractivity contribution in [3.05, 3.63) is 235 Å². The molecule has 1 heteroatoms. The highest BCUT2D eigenvalue weighted by Crippen LogP contribution is 2.63. The molecule has 1 atom stereocenters. The second-order valence-electron chi connectivity index (χ2n) is 14.4. The summed E-state index contributed by atoms with van der Waals surface area (Å²) in [6.45, 7) is 0. The van der Waals surface area contributed by atoms with Crippen molar-refractivity contribution in [3.8, 4) is 44.5 Å². The summed E-state index contributed by atoms with van der Waals surface area (Å²) in [7, 11) is 0. The van der Waals surface area contributed by atoms with Crippen LogP contribution in [0.1, 0.15) is 22.3 Å². The third-order valence-electron chi connectivity index (χ3n) is 11.7. The first-order valence-electron chi connectivity index (χ1n) is 18.8. The third kappa shape index (κ3) is 4.33. The molecule has 0 saturated heterocycles. The van der Waals surface area contributed by atoms with E-state index in [1.807, 2.05) is 0 Å². The molecule has 2 aliphatic carbocycles. The molecule has 0 aliphatic heterocycles. The fourth-order valence-electron chi connectivity index (χ4n) is 9.53. The quantitative estimate of drug-likeness (QED) is 0.178. The van der Waals surface area contributed by atoms with Crippen LogP contribution in [0.25, 0.3) is 55.3 Å². The summed E-state index contributed by atoms with van der Waals surface area (Å²) in [6, 6.07) is 78.4. The van der Waals surface area contributed by atoms with Crippen molar-refractivity contribution in [2.75, 3.05) is 4.90 Å².